The number of imidazole rings is 1. The lowest BCUT2D eigenvalue weighted by atomic mass is 9.77. The summed E-state index contributed by atoms with van der Waals surface area (Å²) in [6, 6.07) is 8.75. The van der Waals surface area contributed by atoms with Gasteiger partial charge >= 0.3 is 5.97 Å². The molecule has 0 radical (unpaired) electrons. The van der Waals surface area contributed by atoms with Gasteiger partial charge in [-0.2, -0.15) is 5.21 Å². The summed E-state index contributed by atoms with van der Waals surface area (Å²) in [7, 11) is 0. The fourth-order valence-corrected chi connectivity index (χ4v) is 4.75. The average molecular weight is 451 g/mol. The Kier molecular flexibility index (Phi) is 7.16. The van der Waals surface area contributed by atoms with Crippen molar-refractivity contribution in [3.8, 4) is 17.4 Å². The zero-order valence-electron chi connectivity index (χ0n) is 19.1. The van der Waals surface area contributed by atoms with Gasteiger partial charge in [-0.25, -0.2) is 9.78 Å². The summed E-state index contributed by atoms with van der Waals surface area (Å²) in [6.07, 6.45) is 8.16. The number of carboxylic acids is 1. The second-order valence-corrected chi connectivity index (χ2v) is 8.34. The summed E-state index contributed by atoms with van der Waals surface area (Å²) in [5.41, 5.74) is 3.17. The third kappa shape index (κ3) is 4.97. The van der Waals surface area contributed by atoms with Crippen LogP contribution in [0.1, 0.15) is 63.1 Å². The van der Waals surface area contributed by atoms with Crippen molar-refractivity contribution in [2.75, 3.05) is 6.61 Å². The third-order valence-electron chi connectivity index (χ3n) is 6.28. The summed E-state index contributed by atoms with van der Waals surface area (Å²) in [5, 5.41) is 24.3. The van der Waals surface area contributed by atoms with Gasteiger partial charge in [-0.05, 0) is 61.6 Å². The standard InChI is InChI=1S/C24H30N6O3/c1-3-7-20(23(31)32)21-14-25-24(33-4-2)30(21)15-16-10-12-17(13-11-16)18-8-5-6-9-19(18)22-26-28-29-27-22/h5-9,14,16-17H,3-4,10-13,15H2,1-2H3,(H,31,32)(H,26,27,28,29)/b20-7+. The van der Waals surface area contributed by atoms with Crippen molar-refractivity contribution >= 4 is 11.5 Å². The summed E-state index contributed by atoms with van der Waals surface area (Å²) < 4.78 is 7.67. The van der Waals surface area contributed by atoms with Crippen molar-refractivity contribution in [1.82, 2.24) is 30.2 Å². The number of ether oxygens (including phenoxy) is 1. The number of carbonyl (C=O) groups is 1. The molecule has 3 aromatic rings. The van der Waals surface area contributed by atoms with Crippen LogP contribution in [0.25, 0.3) is 17.0 Å². The molecule has 174 valence electrons. The van der Waals surface area contributed by atoms with Crippen LogP contribution in [-0.4, -0.2) is 47.9 Å². The van der Waals surface area contributed by atoms with Crippen LogP contribution >= 0.6 is 0 Å². The van der Waals surface area contributed by atoms with E-state index in [4.69, 9.17) is 4.74 Å². The van der Waals surface area contributed by atoms with Crippen LogP contribution in [-0.2, 0) is 11.3 Å². The monoisotopic (exact) mass is 450 g/mol. The van der Waals surface area contributed by atoms with E-state index in [9.17, 15) is 9.90 Å². The minimum atomic E-state index is -0.942. The van der Waals surface area contributed by atoms with Gasteiger partial charge in [0.25, 0.3) is 6.01 Å². The van der Waals surface area contributed by atoms with E-state index in [0.717, 1.165) is 31.2 Å². The normalized spacial score (nSPS) is 18.9. The molecule has 0 saturated heterocycles. The average Bonchev–Trinajstić information content (AvgIpc) is 3.49. The number of hydrogen-bond donors (Lipinski definition) is 2. The Bertz CT molecular complexity index is 1100. The molecule has 1 aromatic carbocycles. The predicted molar refractivity (Wildman–Crippen MR) is 124 cm³/mol. The lowest BCUT2D eigenvalue weighted by molar-refractivity contribution is -0.130. The molecule has 0 unspecified atom stereocenters. The van der Waals surface area contributed by atoms with Crippen molar-refractivity contribution in [2.45, 2.75) is 58.4 Å². The molecule has 0 aliphatic heterocycles. The Hall–Kier alpha value is -3.49. The van der Waals surface area contributed by atoms with Gasteiger partial charge in [-0.1, -0.05) is 37.3 Å². The molecule has 0 spiro atoms. The molecule has 2 aromatic heterocycles. The molecular weight excluding hydrogens is 420 g/mol. The van der Waals surface area contributed by atoms with Gasteiger partial charge in [0, 0.05) is 12.1 Å². The Morgan fingerprint density at radius 3 is 2.70 bits per heavy atom. The summed E-state index contributed by atoms with van der Waals surface area (Å²) >= 11 is 0. The zero-order chi connectivity index (χ0) is 23.2. The van der Waals surface area contributed by atoms with Crippen molar-refractivity contribution < 1.29 is 14.6 Å². The minimum Gasteiger partial charge on any atom is -0.478 e. The Morgan fingerprint density at radius 1 is 1.24 bits per heavy atom. The number of benzene rings is 1. The maximum absolute atomic E-state index is 11.9. The molecule has 1 aliphatic carbocycles. The van der Waals surface area contributed by atoms with Gasteiger partial charge in [0.2, 0.25) is 5.82 Å². The highest BCUT2D eigenvalue weighted by Crippen LogP contribution is 2.40. The van der Waals surface area contributed by atoms with E-state index in [0.29, 0.717) is 48.9 Å². The van der Waals surface area contributed by atoms with E-state index in [1.54, 1.807) is 12.3 Å². The number of aliphatic carboxylic acids is 1. The zero-order valence-corrected chi connectivity index (χ0v) is 19.1. The first-order valence-electron chi connectivity index (χ1n) is 11.6. The van der Waals surface area contributed by atoms with E-state index >= 15 is 0 Å². The molecule has 0 amide bonds. The highest BCUT2D eigenvalue weighted by Gasteiger charge is 2.27. The molecule has 9 nitrogen and oxygen atoms in total. The molecule has 0 bridgehead atoms. The summed E-state index contributed by atoms with van der Waals surface area (Å²) in [6.45, 7) is 5.01. The number of nitrogens with zero attached hydrogens (tertiary/aromatic N) is 5. The molecule has 0 atom stereocenters. The van der Waals surface area contributed by atoms with Crippen molar-refractivity contribution in [3.63, 3.8) is 0 Å². The van der Waals surface area contributed by atoms with Crippen LogP contribution in [0, 0.1) is 5.92 Å². The van der Waals surface area contributed by atoms with Gasteiger partial charge in [0.15, 0.2) is 0 Å². The molecule has 2 N–H and O–H groups in total. The quantitative estimate of drug-likeness (QED) is 0.466. The van der Waals surface area contributed by atoms with Gasteiger partial charge in [0.05, 0.1) is 24.1 Å². The number of H-pyrrole nitrogens is 1. The van der Waals surface area contributed by atoms with Crippen LogP contribution in [0.3, 0.4) is 0 Å². The Morgan fingerprint density at radius 2 is 2.03 bits per heavy atom. The number of nitrogens with one attached hydrogen (secondary N) is 1. The number of allylic oxidation sites excluding steroid dienone is 1. The number of tetrazole rings is 1. The third-order valence-corrected chi connectivity index (χ3v) is 6.28. The smallest absolute Gasteiger partial charge is 0.337 e. The highest BCUT2D eigenvalue weighted by molar-refractivity contribution is 6.14. The molecule has 1 saturated carbocycles. The molecule has 2 heterocycles. The van der Waals surface area contributed by atoms with E-state index in [1.165, 1.54) is 5.56 Å². The van der Waals surface area contributed by atoms with Gasteiger partial charge in [-0.15, -0.1) is 10.2 Å². The second-order valence-electron chi connectivity index (χ2n) is 8.34. The van der Waals surface area contributed by atoms with Gasteiger partial charge < -0.3 is 9.84 Å². The largest absolute Gasteiger partial charge is 0.478 e. The fourth-order valence-electron chi connectivity index (χ4n) is 4.75. The van der Waals surface area contributed by atoms with Crippen LogP contribution < -0.4 is 4.74 Å². The van der Waals surface area contributed by atoms with Crippen molar-refractivity contribution in [1.29, 1.82) is 0 Å². The minimum absolute atomic E-state index is 0.277. The van der Waals surface area contributed by atoms with E-state index in [1.807, 2.05) is 30.5 Å². The molecular formula is C24H30N6O3. The number of aromatic amines is 1. The van der Waals surface area contributed by atoms with Crippen LogP contribution in [0.4, 0.5) is 0 Å². The lowest BCUT2D eigenvalue weighted by Crippen LogP contribution is -2.21. The van der Waals surface area contributed by atoms with E-state index in [2.05, 4.69) is 37.7 Å². The maximum atomic E-state index is 11.9. The number of hydrogen-bond acceptors (Lipinski definition) is 6. The SMILES string of the molecule is CC/C=C(/C(=O)O)c1cnc(OCC)n1CC1CCC(c2ccccc2-c2nn[nH]n2)CC1. The van der Waals surface area contributed by atoms with Gasteiger partial charge in [-0.3, -0.25) is 4.57 Å². The van der Waals surface area contributed by atoms with E-state index in [-0.39, 0.29) is 5.57 Å². The molecule has 1 aliphatic rings. The summed E-state index contributed by atoms with van der Waals surface area (Å²) in [4.78, 5) is 16.2. The topological polar surface area (TPSA) is 119 Å². The van der Waals surface area contributed by atoms with Crippen LogP contribution in [0.15, 0.2) is 36.5 Å². The molecule has 1 fully saturated rings. The highest BCUT2D eigenvalue weighted by atomic mass is 16.5. The maximum Gasteiger partial charge on any atom is 0.337 e. The molecule has 9 heteroatoms. The van der Waals surface area contributed by atoms with Crippen LogP contribution in [0.5, 0.6) is 6.01 Å². The number of rotatable bonds is 9. The first kappa shape index (κ1) is 22.7. The first-order valence-corrected chi connectivity index (χ1v) is 11.6. The summed E-state index contributed by atoms with van der Waals surface area (Å²) in [5.74, 6) is 0.533. The van der Waals surface area contributed by atoms with Crippen molar-refractivity contribution in [3.05, 3.63) is 47.8 Å². The Balaban J connectivity index is 1.51. The Labute approximate surface area is 192 Å². The molecule has 33 heavy (non-hydrogen) atoms. The lowest BCUT2D eigenvalue weighted by Gasteiger charge is -2.30. The molecule has 4 rings (SSSR count). The van der Waals surface area contributed by atoms with Crippen molar-refractivity contribution in [2.24, 2.45) is 5.92 Å². The predicted octanol–water partition coefficient (Wildman–Crippen LogP) is 4.31. The number of carboxylic acid groups (broad SMARTS) is 1. The van der Waals surface area contributed by atoms with E-state index < -0.39 is 5.97 Å². The second kappa shape index (κ2) is 10.4. The van der Waals surface area contributed by atoms with Gasteiger partial charge in [0.1, 0.15) is 0 Å². The fraction of sp³-hybridized carbons (Fsp3) is 0.458. The number of aromatic nitrogens is 6. The van der Waals surface area contributed by atoms with Crippen LogP contribution in [0.2, 0.25) is 0 Å². The first-order chi connectivity index (χ1) is 16.1.